The minimum Gasteiger partial charge on any atom is -0.466 e. The second-order valence-corrected chi connectivity index (χ2v) is 9.29. The van der Waals surface area contributed by atoms with E-state index in [2.05, 4.69) is 14.6 Å². The van der Waals surface area contributed by atoms with Crippen LogP contribution in [0.25, 0.3) is 16.5 Å². The van der Waals surface area contributed by atoms with Crippen LogP contribution in [0, 0.1) is 6.92 Å². The molecule has 1 aromatic carbocycles. The lowest BCUT2D eigenvalue weighted by Gasteiger charge is -2.37. The number of benzene rings is 1. The molecule has 2 heterocycles. The molecule has 1 aliphatic heterocycles. The van der Waals surface area contributed by atoms with Gasteiger partial charge in [-0.05, 0) is 13.0 Å². The summed E-state index contributed by atoms with van der Waals surface area (Å²) in [4.78, 5) is 56.5. The summed E-state index contributed by atoms with van der Waals surface area (Å²) in [6.07, 6.45) is 2.00. The molecule has 1 fully saturated rings. The maximum atomic E-state index is 13.4. The Hall–Kier alpha value is -3.40. The van der Waals surface area contributed by atoms with E-state index < -0.39 is 23.5 Å². The molecule has 37 heavy (non-hydrogen) atoms. The molecule has 194 valence electrons. The number of carbonyl (C=O) groups excluding carboxylic acids is 4. The van der Waals surface area contributed by atoms with Gasteiger partial charge in [-0.25, -0.2) is 9.59 Å². The van der Waals surface area contributed by atoms with Gasteiger partial charge in [0.15, 0.2) is 0 Å². The molecule has 1 N–H and O–H groups in total. The van der Waals surface area contributed by atoms with Crippen LogP contribution in [0.15, 0.2) is 52.2 Å². The van der Waals surface area contributed by atoms with Gasteiger partial charge in [-0.2, -0.15) is 0 Å². The zero-order valence-electron chi connectivity index (χ0n) is 20.3. The van der Waals surface area contributed by atoms with Gasteiger partial charge in [-0.3, -0.25) is 14.5 Å². The number of ether oxygens (including phenoxy) is 2. The van der Waals surface area contributed by atoms with E-state index in [-0.39, 0.29) is 27.9 Å². The van der Waals surface area contributed by atoms with Gasteiger partial charge >= 0.3 is 11.9 Å². The summed E-state index contributed by atoms with van der Waals surface area (Å²) < 4.78 is 9.51. The largest absolute Gasteiger partial charge is 0.466 e. The van der Waals surface area contributed by atoms with Crippen molar-refractivity contribution in [1.29, 1.82) is 0 Å². The molecule has 0 atom stereocenters. The third kappa shape index (κ3) is 5.49. The van der Waals surface area contributed by atoms with E-state index in [1.165, 1.54) is 7.11 Å². The Labute approximate surface area is 223 Å². The lowest BCUT2D eigenvalue weighted by atomic mass is 9.91. The minimum atomic E-state index is -0.644. The van der Waals surface area contributed by atoms with Crippen molar-refractivity contribution in [2.75, 3.05) is 46.4 Å². The molecule has 0 unspecified atom stereocenters. The predicted octanol–water partition coefficient (Wildman–Crippen LogP) is 2.92. The van der Waals surface area contributed by atoms with Crippen molar-refractivity contribution in [3.05, 3.63) is 63.4 Å². The molecular formula is C26H25Cl2N3O6. The van der Waals surface area contributed by atoms with Crippen molar-refractivity contribution in [3.8, 4) is 0 Å². The summed E-state index contributed by atoms with van der Waals surface area (Å²) in [5, 5.41) is 0.498. The molecule has 0 spiro atoms. The smallest absolute Gasteiger partial charge is 0.331 e. The summed E-state index contributed by atoms with van der Waals surface area (Å²) in [7, 11) is 1.21. The first-order chi connectivity index (χ1) is 17.7. The van der Waals surface area contributed by atoms with Crippen LogP contribution in [-0.4, -0.2) is 84.7 Å². The Morgan fingerprint density at radius 2 is 1.68 bits per heavy atom. The molecule has 1 aliphatic carbocycles. The monoisotopic (exact) mass is 545 g/mol. The first-order valence-electron chi connectivity index (χ1n) is 11.6. The number of aromatic amines is 1. The highest BCUT2D eigenvalue weighted by Gasteiger charge is 2.38. The van der Waals surface area contributed by atoms with E-state index in [9.17, 15) is 19.2 Å². The van der Waals surface area contributed by atoms with E-state index in [1.807, 2.05) is 31.2 Å². The molecule has 9 nitrogen and oxygen atoms in total. The molecule has 0 bridgehead atoms. The molecule has 0 amide bonds. The minimum absolute atomic E-state index is 0.108. The van der Waals surface area contributed by atoms with E-state index >= 15 is 0 Å². The second kappa shape index (κ2) is 11.3. The molecular weight excluding hydrogens is 521 g/mol. The third-order valence-electron chi connectivity index (χ3n) is 6.31. The Kier molecular flexibility index (Phi) is 8.16. The van der Waals surface area contributed by atoms with Gasteiger partial charge < -0.3 is 19.4 Å². The number of nitrogens with one attached hydrogen (secondary N) is 1. The van der Waals surface area contributed by atoms with Gasteiger partial charge in [0.1, 0.15) is 22.4 Å². The van der Waals surface area contributed by atoms with E-state index in [1.54, 1.807) is 4.90 Å². The zero-order chi connectivity index (χ0) is 26.7. The van der Waals surface area contributed by atoms with Crippen molar-refractivity contribution in [2.45, 2.75) is 6.92 Å². The quantitative estimate of drug-likeness (QED) is 0.321. The van der Waals surface area contributed by atoms with Gasteiger partial charge in [-0.1, -0.05) is 41.4 Å². The summed E-state index contributed by atoms with van der Waals surface area (Å²) in [5.41, 5.74) is 2.35. The van der Waals surface area contributed by atoms with E-state index in [0.717, 1.165) is 28.7 Å². The van der Waals surface area contributed by atoms with Crippen molar-refractivity contribution in [1.82, 2.24) is 14.8 Å². The van der Waals surface area contributed by atoms with Crippen LogP contribution in [-0.2, 0) is 28.7 Å². The number of allylic oxidation sites excluding steroid dienone is 3. The number of piperazine rings is 1. The lowest BCUT2D eigenvalue weighted by molar-refractivity contribution is -0.139. The zero-order valence-corrected chi connectivity index (χ0v) is 21.8. The lowest BCUT2D eigenvalue weighted by Crippen LogP contribution is -2.48. The van der Waals surface area contributed by atoms with Crippen molar-refractivity contribution in [3.63, 3.8) is 0 Å². The Morgan fingerprint density at radius 3 is 2.38 bits per heavy atom. The van der Waals surface area contributed by atoms with Gasteiger partial charge in [0.05, 0.1) is 12.7 Å². The number of H-pyrrole nitrogens is 1. The molecule has 0 radical (unpaired) electrons. The Bertz CT molecular complexity index is 1370. The topological polar surface area (TPSA) is 109 Å². The van der Waals surface area contributed by atoms with Crippen LogP contribution in [0.3, 0.4) is 0 Å². The number of fused-ring (bicyclic) bond motifs is 1. The summed E-state index contributed by atoms with van der Waals surface area (Å²) in [6, 6.07) is 7.48. The number of hydrogen-bond donors (Lipinski definition) is 1. The van der Waals surface area contributed by atoms with E-state index in [4.69, 9.17) is 27.9 Å². The van der Waals surface area contributed by atoms with Crippen LogP contribution in [0.2, 0.25) is 0 Å². The van der Waals surface area contributed by atoms with Crippen LogP contribution >= 0.6 is 23.2 Å². The first-order valence-corrected chi connectivity index (χ1v) is 12.3. The van der Waals surface area contributed by atoms with Gasteiger partial charge in [-0.15, -0.1) is 0 Å². The fourth-order valence-corrected chi connectivity index (χ4v) is 5.03. The number of hydrogen-bond acceptors (Lipinski definition) is 8. The standard InChI is InChI=1S/C26H25Cl2N3O6/c1-15-20(16-5-3-4-6-17(16)29-15)21-22(27)26(35)24(23(28)25(21)34)31-11-9-30(10-12-31)13-14-37-19(33)8-7-18(32)36-2/h3-8,29H,9-14H2,1-2H3/b8-7+. The average Bonchev–Trinajstić information content (AvgIpc) is 3.22. The fourth-order valence-electron chi connectivity index (χ4n) is 4.46. The molecule has 11 heteroatoms. The highest BCUT2D eigenvalue weighted by Crippen LogP contribution is 2.40. The average molecular weight is 546 g/mol. The Morgan fingerprint density at radius 1 is 1.00 bits per heavy atom. The first kappa shape index (κ1) is 26.7. The summed E-state index contributed by atoms with van der Waals surface area (Å²) in [5.74, 6) is -2.25. The second-order valence-electron chi connectivity index (χ2n) is 8.53. The van der Waals surface area contributed by atoms with Gasteiger partial charge in [0.2, 0.25) is 11.6 Å². The molecule has 1 saturated heterocycles. The number of methoxy groups -OCH3 is 1. The highest BCUT2D eigenvalue weighted by atomic mass is 35.5. The highest BCUT2D eigenvalue weighted by molar-refractivity contribution is 6.63. The number of ketones is 2. The number of rotatable bonds is 7. The number of nitrogens with zero attached hydrogens (tertiary/aromatic N) is 2. The van der Waals surface area contributed by atoms with Crippen molar-refractivity contribution >= 4 is 63.2 Å². The maximum absolute atomic E-state index is 13.4. The SMILES string of the molecule is COC(=O)/C=C/C(=O)OCCN1CCN(C2=C(Cl)C(=O)C(c3c(C)[nH]c4ccccc34)=C(Cl)C2=O)CC1. The number of para-hydroxylation sites is 1. The third-order valence-corrected chi connectivity index (χ3v) is 7.02. The van der Waals surface area contributed by atoms with Crippen molar-refractivity contribution in [2.24, 2.45) is 0 Å². The maximum Gasteiger partial charge on any atom is 0.331 e. The predicted molar refractivity (Wildman–Crippen MR) is 139 cm³/mol. The van der Waals surface area contributed by atoms with Gasteiger partial charge in [0.25, 0.3) is 0 Å². The number of carbonyl (C=O) groups is 4. The molecule has 0 saturated carbocycles. The fraction of sp³-hybridized carbons (Fsp3) is 0.308. The van der Waals surface area contributed by atoms with Gasteiger partial charge in [0, 0.05) is 67.0 Å². The van der Waals surface area contributed by atoms with Crippen LogP contribution in [0.5, 0.6) is 0 Å². The number of aromatic nitrogens is 1. The van der Waals surface area contributed by atoms with Crippen LogP contribution < -0.4 is 0 Å². The van der Waals surface area contributed by atoms with Crippen LogP contribution in [0.4, 0.5) is 0 Å². The summed E-state index contributed by atoms with van der Waals surface area (Å²) in [6.45, 7) is 4.41. The number of halogens is 2. The Balaban J connectivity index is 1.41. The molecule has 2 aromatic rings. The number of Topliss-reactive ketones (excluding diaryl/α,β-unsaturated/α-hetero) is 2. The van der Waals surface area contributed by atoms with Crippen LogP contribution in [0.1, 0.15) is 11.3 Å². The summed E-state index contributed by atoms with van der Waals surface area (Å²) >= 11 is 13.0. The number of aryl methyl sites for hydroxylation is 1. The molecule has 2 aliphatic rings. The molecule has 4 rings (SSSR count). The van der Waals surface area contributed by atoms with Crippen molar-refractivity contribution < 1.29 is 28.7 Å². The molecule has 1 aromatic heterocycles. The normalized spacial score (nSPS) is 17.4. The number of esters is 2. The van der Waals surface area contributed by atoms with E-state index in [0.29, 0.717) is 38.3 Å².